The predicted molar refractivity (Wildman–Crippen MR) is 92.2 cm³/mol. The van der Waals surface area contributed by atoms with E-state index in [1.165, 1.54) is 23.1 Å². The summed E-state index contributed by atoms with van der Waals surface area (Å²) in [4.78, 5) is 12.8. The van der Waals surface area contributed by atoms with Crippen LogP contribution in [0.25, 0.3) is 11.2 Å². The molecule has 0 aliphatic heterocycles. The Balaban J connectivity index is 1.63. The van der Waals surface area contributed by atoms with Crippen LogP contribution in [0.4, 0.5) is 24.8 Å². The summed E-state index contributed by atoms with van der Waals surface area (Å²) in [5, 5.41) is 13.1. The molecule has 0 saturated carbocycles. The number of rotatable bonds is 7. The lowest BCUT2D eigenvalue weighted by molar-refractivity contribution is -0.0528. The van der Waals surface area contributed by atoms with Gasteiger partial charge >= 0.3 is 6.61 Å². The van der Waals surface area contributed by atoms with Gasteiger partial charge in [-0.2, -0.15) is 13.9 Å². The average molecular weight is 390 g/mol. The number of anilines is 2. The molecule has 0 amide bonds. The summed E-state index contributed by atoms with van der Waals surface area (Å²) in [5.74, 6) is 0.270. The largest absolute Gasteiger partial charge is 0.415 e. The van der Waals surface area contributed by atoms with Crippen LogP contribution >= 0.6 is 0 Å². The van der Waals surface area contributed by atoms with E-state index in [0.29, 0.717) is 16.9 Å². The lowest BCUT2D eigenvalue weighted by Gasteiger charge is -2.14. The first kappa shape index (κ1) is 17.7. The van der Waals surface area contributed by atoms with Gasteiger partial charge in [0.05, 0.1) is 18.1 Å². The molecule has 0 spiro atoms. The summed E-state index contributed by atoms with van der Waals surface area (Å²) in [5.41, 5.74) is 1.30. The van der Waals surface area contributed by atoms with Crippen molar-refractivity contribution in [1.82, 2.24) is 34.9 Å². The second-order valence-electron chi connectivity index (χ2n) is 5.60. The molecular formula is C16H13F3N8O. The molecule has 0 radical (unpaired) electrons. The van der Waals surface area contributed by atoms with Crippen molar-refractivity contribution >= 4 is 22.8 Å². The highest BCUT2D eigenvalue weighted by Crippen LogP contribution is 2.23. The van der Waals surface area contributed by atoms with Crippen molar-refractivity contribution in [3.8, 4) is 5.88 Å². The Labute approximate surface area is 155 Å². The van der Waals surface area contributed by atoms with Crippen LogP contribution < -0.4 is 10.1 Å². The molecular weight excluding hydrogens is 377 g/mol. The molecule has 1 unspecified atom stereocenters. The number of halogens is 3. The summed E-state index contributed by atoms with van der Waals surface area (Å²) in [6.07, 6.45) is 4.47. The minimum Gasteiger partial charge on any atom is -0.415 e. The van der Waals surface area contributed by atoms with Crippen molar-refractivity contribution < 1.29 is 17.9 Å². The Hall–Kier alpha value is -3.70. The van der Waals surface area contributed by atoms with E-state index in [2.05, 4.69) is 40.3 Å². The quantitative estimate of drug-likeness (QED) is 0.500. The topological polar surface area (TPSA) is 106 Å². The van der Waals surface area contributed by atoms with E-state index in [1.807, 2.05) is 0 Å². The highest BCUT2D eigenvalue weighted by atomic mass is 19.3. The van der Waals surface area contributed by atoms with E-state index < -0.39 is 19.3 Å². The Bertz CT molecular complexity index is 1070. The van der Waals surface area contributed by atoms with Gasteiger partial charge in [0.2, 0.25) is 5.88 Å². The number of fused-ring (bicyclic) bond motifs is 1. The van der Waals surface area contributed by atoms with Crippen LogP contribution in [-0.2, 0) is 0 Å². The maximum absolute atomic E-state index is 13.7. The third kappa shape index (κ3) is 3.56. The molecule has 12 heteroatoms. The lowest BCUT2D eigenvalue weighted by atomic mass is 10.2. The number of pyridine rings is 1. The van der Waals surface area contributed by atoms with Crippen LogP contribution in [0.2, 0.25) is 0 Å². The molecule has 0 fully saturated rings. The maximum atomic E-state index is 13.7. The summed E-state index contributed by atoms with van der Waals surface area (Å²) in [6, 6.07) is 5.67. The molecule has 4 heterocycles. The monoisotopic (exact) mass is 390 g/mol. The van der Waals surface area contributed by atoms with Gasteiger partial charge in [0.25, 0.3) is 0 Å². The minimum absolute atomic E-state index is 0.266. The van der Waals surface area contributed by atoms with Crippen LogP contribution in [-0.4, -0.2) is 48.2 Å². The summed E-state index contributed by atoms with van der Waals surface area (Å²) in [6.45, 7) is -3.71. The first-order chi connectivity index (χ1) is 13.6. The Morgan fingerprint density at radius 2 is 2.11 bits per heavy atom. The van der Waals surface area contributed by atoms with Gasteiger partial charge < -0.3 is 10.1 Å². The summed E-state index contributed by atoms with van der Waals surface area (Å²) < 4.78 is 43.8. The molecule has 4 aromatic rings. The van der Waals surface area contributed by atoms with Gasteiger partial charge in [-0.05, 0) is 12.1 Å². The zero-order chi connectivity index (χ0) is 19.5. The van der Waals surface area contributed by atoms with E-state index in [9.17, 15) is 13.2 Å². The fourth-order valence-corrected chi connectivity index (χ4v) is 2.61. The number of hydrogen-bond acceptors (Lipinski definition) is 7. The Kier molecular flexibility index (Phi) is 4.74. The van der Waals surface area contributed by atoms with Gasteiger partial charge in [0.15, 0.2) is 11.5 Å². The molecule has 9 nitrogen and oxygen atoms in total. The summed E-state index contributed by atoms with van der Waals surface area (Å²) in [7, 11) is 0. The first-order valence-electron chi connectivity index (χ1n) is 8.08. The number of ether oxygens (including phenoxy) is 1. The molecule has 28 heavy (non-hydrogen) atoms. The van der Waals surface area contributed by atoms with E-state index >= 15 is 0 Å². The van der Waals surface area contributed by atoms with Crippen molar-refractivity contribution in [2.24, 2.45) is 0 Å². The number of aromatic amines is 1. The third-order valence-electron chi connectivity index (χ3n) is 3.80. The SMILES string of the molecule is FCC(c1ccccn1)n1ncc2ncc(Nc3cc(OC(F)F)n[nH]3)nc21. The van der Waals surface area contributed by atoms with Crippen LogP contribution in [0, 0.1) is 0 Å². The van der Waals surface area contributed by atoms with Gasteiger partial charge in [0, 0.05) is 12.3 Å². The van der Waals surface area contributed by atoms with Crippen molar-refractivity contribution in [3.05, 3.63) is 48.5 Å². The molecule has 2 N–H and O–H groups in total. The fraction of sp³-hybridized carbons (Fsp3) is 0.188. The zero-order valence-electron chi connectivity index (χ0n) is 14.1. The minimum atomic E-state index is -2.98. The normalized spacial score (nSPS) is 12.4. The van der Waals surface area contributed by atoms with Gasteiger partial charge in [-0.1, -0.05) is 6.07 Å². The van der Waals surface area contributed by atoms with Gasteiger partial charge in [0.1, 0.15) is 24.1 Å². The predicted octanol–water partition coefficient (Wildman–Crippen LogP) is 2.85. The van der Waals surface area contributed by atoms with Crippen molar-refractivity contribution in [3.63, 3.8) is 0 Å². The number of nitrogens with zero attached hydrogens (tertiary/aromatic N) is 6. The van der Waals surface area contributed by atoms with Gasteiger partial charge in [-0.3, -0.25) is 10.1 Å². The maximum Gasteiger partial charge on any atom is 0.388 e. The standard InChI is InChI=1S/C16H13F3N8O/c17-6-11(9-3-1-2-4-20-9)27-15-10(7-22-27)21-8-13(24-15)23-12-5-14(26-25-12)28-16(18)19/h1-5,7-8,11,16H,6H2,(H2,23,24,25,26). The third-order valence-corrected chi connectivity index (χ3v) is 3.80. The number of aromatic nitrogens is 7. The number of hydrogen-bond donors (Lipinski definition) is 2. The lowest BCUT2D eigenvalue weighted by Crippen LogP contribution is -2.16. The first-order valence-corrected chi connectivity index (χ1v) is 8.08. The van der Waals surface area contributed by atoms with Crippen LogP contribution in [0.3, 0.4) is 0 Å². The number of H-pyrrole nitrogens is 1. The molecule has 144 valence electrons. The van der Waals surface area contributed by atoms with Gasteiger partial charge in [-0.25, -0.2) is 19.0 Å². The highest BCUT2D eigenvalue weighted by Gasteiger charge is 2.20. The molecule has 4 rings (SSSR count). The van der Waals surface area contributed by atoms with Gasteiger partial charge in [-0.15, -0.1) is 5.10 Å². The molecule has 0 aliphatic rings. The number of alkyl halides is 3. The van der Waals surface area contributed by atoms with Crippen LogP contribution in [0.1, 0.15) is 11.7 Å². The second kappa shape index (κ2) is 7.50. The van der Waals surface area contributed by atoms with Crippen LogP contribution in [0.15, 0.2) is 42.9 Å². The zero-order valence-corrected chi connectivity index (χ0v) is 14.1. The Morgan fingerprint density at radius 1 is 1.21 bits per heavy atom. The highest BCUT2D eigenvalue weighted by molar-refractivity contribution is 5.72. The fourth-order valence-electron chi connectivity index (χ4n) is 2.61. The molecule has 1 atom stereocenters. The van der Waals surface area contributed by atoms with Crippen molar-refractivity contribution in [2.75, 3.05) is 12.0 Å². The van der Waals surface area contributed by atoms with E-state index in [4.69, 9.17) is 0 Å². The van der Waals surface area contributed by atoms with Crippen LogP contribution in [0.5, 0.6) is 5.88 Å². The molecule has 0 bridgehead atoms. The summed E-state index contributed by atoms with van der Waals surface area (Å²) >= 11 is 0. The van der Waals surface area contributed by atoms with E-state index in [1.54, 1.807) is 24.4 Å². The molecule has 4 aromatic heterocycles. The number of nitrogens with one attached hydrogen (secondary N) is 2. The van der Waals surface area contributed by atoms with Crippen molar-refractivity contribution in [1.29, 1.82) is 0 Å². The van der Waals surface area contributed by atoms with E-state index in [-0.39, 0.29) is 17.5 Å². The Morgan fingerprint density at radius 3 is 2.86 bits per heavy atom. The smallest absolute Gasteiger partial charge is 0.388 e. The van der Waals surface area contributed by atoms with E-state index in [0.717, 1.165) is 0 Å². The van der Waals surface area contributed by atoms with Crippen molar-refractivity contribution in [2.45, 2.75) is 12.7 Å². The molecule has 0 aromatic carbocycles. The average Bonchev–Trinajstić information content (AvgIpc) is 3.30. The molecule has 0 saturated heterocycles. The second-order valence-corrected chi connectivity index (χ2v) is 5.60. The molecule has 0 aliphatic carbocycles.